The Labute approximate surface area is 188 Å². The number of hydrogen-bond acceptors (Lipinski definition) is 5. The number of hydrogen-bond donors (Lipinski definition) is 3. The number of methoxy groups -OCH3 is 1. The van der Waals surface area contributed by atoms with Crippen LogP contribution in [0.2, 0.25) is 0 Å². The number of rotatable bonds is 8. The van der Waals surface area contributed by atoms with Crippen molar-refractivity contribution in [2.75, 3.05) is 33.5 Å². The number of benzene rings is 2. The molecule has 0 aromatic heterocycles. The molecule has 7 nitrogen and oxygen atoms in total. The molecule has 2 aromatic rings. The lowest BCUT2D eigenvalue weighted by Gasteiger charge is -2.14. The molecule has 1 unspecified atom stereocenters. The normalized spacial score (nSPS) is 13.4. The molecule has 0 saturated heterocycles. The zero-order valence-corrected chi connectivity index (χ0v) is 19.0. The molecule has 1 aliphatic rings. The Morgan fingerprint density at radius 3 is 2.79 bits per heavy atom. The SMILES string of the molecule is CCNC(=NCC(O)c1cccc(OC)c1)NCCc1ccc2c(c1)OCO2.I. The van der Waals surface area contributed by atoms with E-state index in [1.165, 1.54) is 0 Å². The van der Waals surface area contributed by atoms with E-state index in [9.17, 15) is 5.11 Å². The maximum atomic E-state index is 10.4. The first kappa shape index (κ1) is 23.1. The Morgan fingerprint density at radius 2 is 2.00 bits per heavy atom. The Kier molecular flexibility index (Phi) is 9.33. The zero-order valence-electron chi connectivity index (χ0n) is 16.7. The van der Waals surface area contributed by atoms with Crippen molar-refractivity contribution in [2.24, 2.45) is 4.99 Å². The molecule has 0 amide bonds. The quantitative estimate of drug-likeness (QED) is 0.286. The first-order valence-electron chi connectivity index (χ1n) is 9.42. The summed E-state index contributed by atoms with van der Waals surface area (Å²) in [5.41, 5.74) is 1.93. The minimum absolute atomic E-state index is 0. The van der Waals surface area contributed by atoms with Crippen molar-refractivity contribution >= 4 is 29.9 Å². The van der Waals surface area contributed by atoms with Crippen molar-refractivity contribution in [3.63, 3.8) is 0 Å². The van der Waals surface area contributed by atoms with E-state index in [1.54, 1.807) is 7.11 Å². The van der Waals surface area contributed by atoms with Crippen LogP contribution in [-0.2, 0) is 6.42 Å². The van der Waals surface area contributed by atoms with E-state index in [1.807, 2.05) is 49.4 Å². The molecule has 1 atom stereocenters. The summed E-state index contributed by atoms with van der Waals surface area (Å²) in [5, 5.41) is 16.9. The number of aliphatic hydroxyl groups is 1. The third kappa shape index (κ3) is 6.67. The van der Waals surface area contributed by atoms with Crippen LogP contribution in [0.5, 0.6) is 17.2 Å². The Hall–Kier alpha value is -2.20. The van der Waals surface area contributed by atoms with Crippen LogP contribution in [0.4, 0.5) is 0 Å². The van der Waals surface area contributed by atoms with Crippen LogP contribution in [0, 0.1) is 0 Å². The van der Waals surface area contributed by atoms with Gasteiger partial charge in [0, 0.05) is 13.1 Å². The molecule has 1 aliphatic heterocycles. The van der Waals surface area contributed by atoms with Gasteiger partial charge in [0.15, 0.2) is 17.5 Å². The fourth-order valence-corrected chi connectivity index (χ4v) is 2.90. The third-order valence-corrected chi connectivity index (χ3v) is 4.39. The Bertz CT molecular complexity index is 816. The summed E-state index contributed by atoms with van der Waals surface area (Å²) >= 11 is 0. The lowest BCUT2D eigenvalue weighted by atomic mass is 10.1. The third-order valence-electron chi connectivity index (χ3n) is 4.39. The zero-order chi connectivity index (χ0) is 19.8. The highest BCUT2D eigenvalue weighted by molar-refractivity contribution is 14.0. The van der Waals surface area contributed by atoms with Crippen molar-refractivity contribution in [3.05, 3.63) is 53.6 Å². The van der Waals surface area contributed by atoms with Crippen molar-refractivity contribution < 1.29 is 19.3 Å². The molecule has 0 bridgehead atoms. The average molecular weight is 513 g/mol. The molecule has 8 heteroatoms. The second-order valence-electron chi connectivity index (χ2n) is 6.38. The summed E-state index contributed by atoms with van der Waals surface area (Å²) in [6.45, 7) is 4.00. The predicted molar refractivity (Wildman–Crippen MR) is 124 cm³/mol. The van der Waals surface area contributed by atoms with Gasteiger partial charge < -0.3 is 30.0 Å². The van der Waals surface area contributed by atoms with Crippen molar-refractivity contribution in [1.29, 1.82) is 0 Å². The Morgan fingerprint density at radius 1 is 1.17 bits per heavy atom. The van der Waals surface area contributed by atoms with Crippen LogP contribution < -0.4 is 24.8 Å². The number of ether oxygens (including phenoxy) is 3. The summed E-state index contributed by atoms with van der Waals surface area (Å²) in [6, 6.07) is 13.4. The van der Waals surface area contributed by atoms with Crippen LogP contribution in [0.15, 0.2) is 47.5 Å². The van der Waals surface area contributed by atoms with Crippen LogP contribution in [0.1, 0.15) is 24.2 Å². The number of halogens is 1. The van der Waals surface area contributed by atoms with Gasteiger partial charge in [-0.1, -0.05) is 18.2 Å². The van der Waals surface area contributed by atoms with Gasteiger partial charge in [-0.25, -0.2) is 0 Å². The van der Waals surface area contributed by atoms with Crippen LogP contribution >= 0.6 is 24.0 Å². The molecule has 2 aromatic carbocycles. The molecule has 1 heterocycles. The summed E-state index contributed by atoms with van der Waals surface area (Å²) in [4.78, 5) is 4.49. The van der Waals surface area contributed by atoms with E-state index in [2.05, 4.69) is 15.6 Å². The summed E-state index contributed by atoms with van der Waals surface area (Å²) in [7, 11) is 1.61. The highest BCUT2D eigenvalue weighted by atomic mass is 127. The molecular formula is C21H28IN3O4. The molecule has 29 heavy (non-hydrogen) atoms. The molecule has 3 N–H and O–H groups in total. The van der Waals surface area contributed by atoms with E-state index < -0.39 is 6.10 Å². The molecule has 0 saturated carbocycles. The molecule has 0 radical (unpaired) electrons. The van der Waals surface area contributed by atoms with Crippen LogP contribution in [-0.4, -0.2) is 44.6 Å². The van der Waals surface area contributed by atoms with Gasteiger partial charge in [-0.2, -0.15) is 0 Å². The molecule has 158 valence electrons. The number of aliphatic imine (C=N–C) groups is 1. The van der Waals surface area contributed by atoms with E-state index in [0.29, 0.717) is 18.3 Å². The van der Waals surface area contributed by atoms with Gasteiger partial charge in [-0.05, 0) is 48.7 Å². The number of nitrogens with one attached hydrogen (secondary N) is 2. The number of guanidine groups is 1. The minimum Gasteiger partial charge on any atom is -0.497 e. The fraction of sp³-hybridized carbons (Fsp3) is 0.381. The van der Waals surface area contributed by atoms with Crippen molar-refractivity contribution in [2.45, 2.75) is 19.4 Å². The average Bonchev–Trinajstić information content (AvgIpc) is 3.19. The topological polar surface area (TPSA) is 84.3 Å². The van der Waals surface area contributed by atoms with Gasteiger partial charge in [-0.15, -0.1) is 24.0 Å². The highest BCUT2D eigenvalue weighted by Gasteiger charge is 2.13. The molecule has 0 spiro atoms. The second-order valence-corrected chi connectivity index (χ2v) is 6.38. The van der Waals surface area contributed by atoms with Gasteiger partial charge in [-0.3, -0.25) is 4.99 Å². The summed E-state index contributed by atoms with van der Waals surface area (Å²) < 4.78 is 16.0. The predicted octanol–water partition coefficient (Wildman–Crippen LogP) is 2.87. The van der Waals surface area contributed by atoms with Crippen molar-refractivity contribution in [1.82, 2.24) is 10.6 Å². The van der Waals surface area contributed by atoms with Gasteiger partial charge >= 0.3 is 0 Å². The van der Waals surface area contributed by atoms with Gasteiger partial charge in [0.05, 0.1) is 19.8 Å². The van der Waals surface area contributed by atoms with E-state index in [4.69, 9.17) is 14.2 Å². The molecule has 0 fully saturated rings. The van der Waals surface area contributed by atoms with Crippen LogP contribution in [0.3, 0.4) is 0 Å². The largest absolute Gasteiger partial charge is 0.497 e. The standard InChI is InChI=1S/C21H27N3O4.HI/c1-3-22-21(24-13-18(25)16-5-4-6-17(12-16)26-2)23-10-9-15-7-8-19-20(11-15)28-14-27-19;/h4-8,11-12,18,25H,3,9-10,13-14H2,1-2H3,(H2,22,23,24);1H. The smallest absolute Gasteiger partial charge is 0.231 e. The van der Waals surface area contributed by atoms with Crippen LogP contribution in [0.25, 0.3) is 0 Å². The van der Waals surface area contributed by atoms with Crippen molar-refractivity contribution in [3.8, 4) is 17.2 Å². The van der Waals surface area contributed by atoms with E-state index in [-0.39, 0.29) is 37.3 Å². The maximum absolute atomic E-state index is 10.4. The van der Waals surface area contributed by atoms with Gasteiger partial charge in [0.25, 0.3) is 0 Å². The van der Waals surface area contributed by atoms with E-state index >= 15 is 0 Å². The minimum atomic E-state index is -0.695. The Balaban J connectivity index is 0.00000300. The second kappa shape index (κ2) is 11.7. The lowest BCUT2D eigenvalue weighted by Crippen LogP contribution is -2.38. The summed E-state index contributed by atoms with van der Waals surface area (Å²) in [6.07, 6.45) is 0.124. The maximum Gasteiger partial charge on any atom is 0.231 e. The molecular weight excluding hydrogens is 485 g/mol. The number of aliphatic hydroxyl groups excluding tert-OH is 1. The first-order chi connectivity index (χ1) is 13.7. The molecule has 0 aliphatic carbocycles. The lowest BCUT2D eigenvalue weighted by molar-refractivity contribution is 0.174. The first-order valence-corrected chi connectivity index (χ1v) is 9.42. The monoisotopic (exact) mass is 513 g/mol. The fourth-order valence-electron chi connectivity index (χ4n) is 2.90. The molecule has 3 rings (SSSR count). The number of nitrogens with zero attached hydrogens (tertiary/aromatic N) is 1. The van der Waals surface area contributed by atoms with Gasteiger partial charge in [0.2, 0.25) is 6.79 Å². The van der Waals surface area contributed by atoms with E-state index in [0.717, 1.165) is 35.6 Å². The highest BCUT2D eigenvalue weighted by Crippen LogP contribution is 2.32. The number of fused-ring (bicyclic) bond motifs is 1. The summed E-state index contributed by atoms with van der Waals surface area (Å²) in [5.74, 6) is 2.97. The van der Waals surface area contributed by atoms with Gasteiger partial charge in [0.1, 0.15) is 5.75 Å².